The van der Waals surface area contributed by atoms with Crippen LogP contribution < -0.4 is 10.1 Å². The fraction of sp³-hybridized carbons (Fsp3) is 0.222. The number of aromatic nitrogens is 2. The number of hydrogen-bond donors (Lipinski definition) is 1. The van der Waals surface area contributed by atoms with E-state index in [2.05, 4.69) is 14.7 Å². The SMILES string of the molecule is COc1cccc(Cc2nsc(NCCc3cc(F)cc(F)c3)n2)c1. The van der Waals surface area contributed by atoms with Gasteiger partial charge in [0.1, 0.15) is 23.2 Å². The Hall–Kier alpha value is -2.54. The molecule has 130 valence electrons. The molecule has 0 bridgehead atoms. The first-order valence-corrected chi connectivity index (χ1v) is 8.54. The molecule has 4 nitrogen and oxygen atoms in total. The van der Waals surface area contributed by atoms with Gasteiger partial charge in [-0.05, 0) is 41.8 Å². The lowest BCUT2D eigenvalue weighted by Crippen LogP contribution is -2.05. The number of rotatable bonds is 7. The van der Waals surface area contributed by atoms with Gasteiger partial charge in [0.2, 0.25) is 5.13 Å². The monoisotopic (exact) mass is 361 g/mol. The van der Waals surface area contributed by atoms with Crippen molar-refractivity contribution < 1.29 is 13.5 Å². The van der Waals surface area contributed by atoms with Crippen LogP contribution in [0.25, 0.3) is 0 Å². The Morgan fingerprint density at radius 1 is 1.08 bits per heavy atom. The molecule has 0 aliphatic rings. The maximum atomic E-state index is 13.2. The smallest absolute Gasteiger partial charge is 0.202 e. The molecule has 1 heterocycles. The van der Waals surface area contributed by atoms with Crippen LogP contribution in [0.3, 0.4) is 0 Å². The molecule has 0 unspecified atom stereocenters. The molecule has 7 heteroatoms. The molecule has 2 aromatic carbocycles. The number of benzene rings is 2. The predicted octanol–water partition coefficient (Wildman–Crippen LogP) is 4.07. The van der Waals surface area contributed by atoms with Crippen molar-refractivity contribution in [1.82, 2.24) is 9.36 Å². The quantitative estimate of drug-likeness (QED) is 0.689. The van der Waals surface area contributed by atoms with Crippen LogP contribution in [0, 0.1) is 11.6 Å². The number of nitrogens with one attached hydrogen (secondary N) is 1. The Labute approximate surface area is 148 Å². The third-order valence-electron chi connectivity index (χ3n) is 3.58. The van der Waals surface area contributed by atoms with Gasteiger partial charge in [-0.25, -0.2) is 13.8 Å². The van der Waals surface area contributed by atoms with E-state index < -0.39 is 11.6 Å². The van der Waals surface area contributed by atoms with E-state index in [1.54, 1.807) is 7.11 Å². The van der Waals surface area contributed by atoms with Gasteiger partial charge in [0.25, 0.3) is 0 Å². The van der Waals surface area contributed by atoms with Gasteiger partial charge < -0.3 is 10.1 Å². The van der Waals surface area contributed by atoms with E-state index in [1.807, 2.05) is 24.3 Å². The van der Waals surface area contributed by atoms with Crippen LogP contribution in [-0.4, -0.2) is 23.0 Å². The van der Waals surface area contributed by atoms with Crippen molar-refractivity contribution in [2.45, 2.75) is 12.8 Å². The largest absolute Gasteiger partial charge is 0.497 e. The second-order valence-electron chi connectivity index (χ2n) is 5.50. The lowest BCUT2D eigenvalue weighted by molar-refractivity contribution is 0.414. The number of hydrogen-bond acceptors (Lipinski definition) is 5. The van der Waals surface area contributed by atoms with E-state index in [0.717, 1.165) is 23.2 Å². The Balaban J connectivity index is 1.54. The molecule has 0 aliphatic heterocycles. The summed E-state index contributed by atoms with van der Waals surface area (Å²) >= 11 is 1.27. The topological polar surface area (TPSA) is 47.0 Å². The van der Waals surface area contributed by atoms with Crippen molar-refractivity contribution in [2.24, 2.45) is 0 Å². The van der Waals surface area contributed by atoms with E-state index >= 15 is 0 Å². The minimum Gasteiger partial charge on any atom is -0.497 e. The van der Waals surface area contributed by atoms with Crippen LogP contribution in [0.2, 0.25) is 0 Å². The van der Waals surface area contributed by atoms with E-state index in [4.69, 9.17) is 4.74 Å². The molecule has 3 aromatic rings. The van der Waals surface area contributed by atoms with Crippen molar-refractivity contribution in [3.05, 3.63) is 71.1 Å². The summed E-state index contributed by atoms with van der Waals surface area (Å²) in [6, 6.07) is 11.3. The van der Waals surface area contributed by atoms with Gasteiger partial charge in [-0.3, -0.25) is 0 Å². The molecule has 0 amide bonds. The summed E-state index contributed by atoms with van der Waals surface area (Å²) in [7, 11) is 1.63. The summed E-state index contributed by atoms with van der Waals surface area (Å²) in [5, 5.41) is 3.83. The zero-order valence-corrected chi connectivity index (χ0v) is 14.4. The van der Waals surface area contributed by atoms with Crippen LogP contribution in [0.15, 0.2) is 42.5 Å². The summed E-state index contributed by atoms with van der Waals surface area (Å²) < 4.78 is 35.8. The van der Waals surface area contributed by atoms with Crippen molar-refractivity contribution in [3.8, 4) is 5.75 Å². The van der Waals surface area contributed by atoms with Gasteiger partial charge in [0.15, 0.2) is 0 Å². The molecule has 0 spiro atoms. The zero-order chi connectivity index (χ0) is 17.6. The molecular formula is C18H17F2N3OS. The highest BCUT2D eigenvalue weighted by atomic mass is 32.1. The first-order valence-electron chi connectivity index (χ1n) is 7.77. The standard InChI is InChI=1S/C18H17F2N3OS/c1-24-16-4-2-3-12(9-16)10-17-22-18(25-23-17)21-6-5-13-7-14(19)11-15(20)8-13/h2-4,7-9,11H,5-6,10H2,1H3,(H,21,22,23). The number of nitrogens with zero attached hydrogens (tertiary/aromatic N) is 2. The second-order valence-corrected chi connectivity index (χ2v) is 6.25. The first kappa shape index (κ1) is 17.3. The number of ether oxygens (including phenoxy) is 1. The highest BCUT2D eigenvalue weighted by molar-refractivity contribution is 7.09. The molecule has 0 radical (unpaired) electrons. The summed E-state index contributed by atoms with van der Waals surface area (Å²) in [5.74, 6) is 0.393. The van der Waals surface area contributed by atoms with Gasteiger partial charge in [-0.2, -0.15) is 4.37 Å². The van der Waals surface area contributed by atoms with Gasteiger partial charge in [0.05, 0.1) is 7.11 Å². The molecule has 1 aromatic heterocycles. The van der Waals surface area contributed by atoms with Crippen molar-refractivity contribution in [3.63, 3.8) is 0 Å². The number of halogens is 2. The Kier molecular flexibility index (Phi) is 5.55. The lowest BCUT2D eigenvalue weighted by atomic mass is 10.1. The molecule has 1 N–H and O–H groups in total. The molecular weight excluding hydrogens is 344 g/mol. The van der Waals surface area contributed by atoms with Crippen LogP contribution in [-0.2, 0) is 12.8 Å². The first-order chi connectivity index (χ1) is 12.1. The average molecular weight is 361 g/mol. The molecule has 0 saturated heterocycles. The minimum atomic E-state index is -0.563. The normalized spacial score (nSPS) is 10.7. The van der Waals surface area contributed by atoms with Crippen LogP contribution in [0.1, 0.15) is 17.0 Å². The maximum Gasteiger partial charge on any atom is 0.202 e. The van der Waals surface area contributed by atoms with Crippen molar-refractivity contribution in [2.75, 3.05) is 19.0 Å². The Morgan fingerprint density at radius 3 is 2.64 bits per heavy atom. The molecule has 0 aliphatic carbocycles. The highest BCUT2D eigenvalue weighted by Gasteiger charge is 2.06. The van der Waals surface area contributed by atoms with Crippen LogP contribution in [0.4, 0.5) is 13.9 Å². The Morgan fingerprint density at radius 2 is 1.88 bits per heavy atom. The summed E-state index contributed by atoms with van der Waals surface area (Å²) in [6.45, 7) is 0.524. The minimum absolute atomic E-state index is 0.499. The van der Waals surface area contributed by atoms with E-state index in [-0.39, 0.29) is 0 Å². The summed E-state index contributed by atoms with van der Waals surface area (Å²) in [6.07, 6.45) is 1.12. The van der Waals surface area contributed by atoms with Gasteiger partial charge in [0, 0.05) is 30.6 Å². The zero-order valence-electron chi connectivity index (χ0n) is 13.6. The predicted molar refractivity (Wildman–Crippen MR) is 94.3 cm³/mol. The third-order valence-corrected chi connectivity index (χ3v) is 4.29. The third kappa shape index (κ3) is 4.96. The van der Waals surface area contributed by atoms with Gasteiger partial charge in [-0.1, -0.05) is 12.1 Å². The van der Waals surface area contributed by atoms with Crippen LogP contribution >= 0.6 is 11.5 Å². The fourth-order valence-corrected chi connectivity index (χ4v) is 3.04. The fourth-order valence-electron chi connectivity index (χ4n) is 2.43. The van der Waals surface area contributed by atoms with Gasteiger partial charge >= 0.3 is 0 Å². The van der Waals surface area contributed by atoms with Crippen molar-refractivity contribution in [1.29, 1.82) is 0 Å². The molecule has 0 atom stereocenters. The Bertz CT molecular complexity index is 834. The molecule has 0 fully saturated rings. The number of methoxy groups -OCH3 is 1. The maximum absolute atomic E-state index is 13.2. The second kappa shape index (κ2) is 8.02. The summed E-state index contributed by atoms with van der Waals surface area (Å²) in [4.78, 5) is 4.43. The summed E-state index contributed by atoms with van der Waals surface area (Å²) in [5.41, 5.74) is 1.67. The molecule has 0 saturated carbocycles. The number of anilines is 1. The van der Waals surface area contributed by atoms with Crippen LogP contribution in [0.5, 0.6) is 5.75 Å². The average Bonchev–Trinajstić information content (AvgIpc) is 3.01. The molecule has 25 heavy (non-hydrogen) atoms. The highest BCUT2D eigenvalue weighted by Crippen LogP contribution is 2.18. The van der Waals surface area contributed by atoms with E-state index in [9.17, 15) is 8.78 Å². The van der Waals surface area contributed by atoms with Crippen molar-refractivity contribution >= 4 is 16.7 Å². The van der Waals surface area contributed by atoms with E-state index in [0.29, 0.717) is 30.1 Å². The van der Waals surface area contributed by atoms with E-state index in [1.165, 1.54) is 23.7 Å². The lowest BCUT2D eigenvalue weighted by Gasteiger charge is -2.03. The van der Waals surface area contributed by atoms with Gasteiger partial charge in [-0.15, -0.1) is 0 Å². The molecule has 3 rings (SSSR count).